The summed E-state index contributed by atoms with van der Waals surface area (Å²) in [5, 5.41) is 4.82. The van der Waals surface area contributed by atoms with Crippen molar-refractivity contribution in [2.24, 2.45) is 0 Å². The van der Waals surface area contributed by atoms with Gasteiger partial charge in [-0.15, -0.1) is 0 Å². The first-order valence-electron chi connectivity index (χ1n) is 11.5. The largest absolute Gasteiger partial charge is 0.493 e. The molecular formula is C27H27N3O5. The minimum Gasteiger partial charge on any atom is -0.493 e. The molecule has 0 spiro atoms. The van der Waals surface area contributed by atoms with Crippen molar-refractivity contribution in [3.05, 3.63) is 71.3 Å². The Labute approximate surface area is 203 Å². The van der Waals surface area contributed by atoms with Crippen LogP contribution in [0.5, 0.6) is 11.5 Å². The standard InChI is InChI=1S/C27H27N3O5/c1-27(21-9-8-17-6-4-5-7-18(17)12-21)25(32)30(26(33)28-27)16-24(31)29-11-10-19-13-22(34-2)23(35-3)14-20(19)15-29/h4-9,12-14H,10-11,15-16H2,1-3H3,(H,28,33). The van der Waals surface area contributed by atoms with Gasteiger partial charge in [0.2, 0.25) is 5.91 Å². The number of nitrogens with one attached hydrogen (secondary N) is 1. The number of rotatable bonds is 5. The van der Waals surface area contributed by atoms with E-state index in [1.165, 1.54) is 0 Å². The molecule has 2 aliphatic rings. The minimum atomic E-state index is -1.24. The maximum Gasteiger partial charge on any atom is 0.325 e. The van der Waals surface area contributed by atoms with Crippen LogP contribution in [0.2, 0.25) is 0 Å². The van der Waals surface area contributed by atoms with E-state index in [2.05, 4.69) is 5.32 Å². The van der Waals surface area contributed by atoms with Crippen molar-refractivity contribution in [2.45, 2.75) is 25.4 Å². The number of urea groups is 1. The molecule has 0 radical (unpaired) electrons. The van der Waals surface area contributed by atoms with Gasteiger partial charge in [0.25, 0.3) is 5.91 Å². The molecule has 3 aromatic rings. The van der Waals surface area contributed by atoms with Crippen LogP contribution in [0.3, 0.4) is 0 Å². The Balaban J connectivity index is 1.33. The summed E-state index contributed by atoms with van der Waals surface area (Å²) in [6, 6.07) is 16.7. The Morgan fingerprint density at radius 2 is 1.66 bits per heavy atom. The van der Waals surface area contributed by atoms with Crippen molar-refractivity contribution in [3.63, 3.8) is 0 Å². The van der Waals surface area contributed by atoms with Gasteiger partial charge >= 0.3 is 6.03 Å². The average molecular weight is 474 g/mol. The quantitative estimate of drug-likeness (QED) is 0.575. The molecule has 5 rings (SSSR count). The molecule has 0 aliphatic carbocycles. The van der Waals surface area contributed by atoms with Crippen molar-refractivity contribution in [3.8, 4) is 11.5 Å². The highest BCUT2D eigenvalue weighted by Crippen LogP contribution is 2.34. The van der Waals surface area contributed by atoms with E-state index in [0.717, 1.165) is 26.8 Å². The van der Waals surface area contributed by atoms with Crippen molar-refractivity contribution in [1.82, 2.24) is 15.1 Å². The third kappa shape index (κ3) is 3.84. The van der Waals surface area contributed by atoms with Crippen molar-refractivity contribution < 1.29 is 23.9 Å². The number of benzene rings is 3. The number of hydrogen-bond donors (Lipinski definition) is 1. The Kier molecular flexibility index (Phi) is 5.59. The van der Waals surface area contributed by atoms with Crippen LogP contribution in [0, 0.1) is 0 Å². The predicted octanol–water partition coefficient (Wildman–Crippen LogP) is 3.21. The lowest BCUT2D eigenvalue weighted by atomic mass is 9.90. The number of imide groups is 1. The number of carbonyl (C=O) groups is 3. The summed E-state index contributed by atoms with van der Waals surface area (Å²) < 4.78 is 10.8. The number of carbonyl (C=O) groups excluding carboxylic acids is 3. The van der Waals surface area contributed by atoms with Crippen LogP contribution in [0.4, 0.5) is 4.79 Å². The summed E-state index contributed by atoms with van der Waals surface area (Å²) in [5.74, 6) is 0.533. The third-order valence-electron chi connectivity index (χ3n) is 6.97. The van der Waals surface area contributed by atoms with E-state index in [9.17, 15) is 14.4 Å². The van der Waals surface area contributed by atoms with Crippen LogP contribution in [0.25, 0.3) is 10.8 Å². The smallest absolute Gasteiger partial charge is 0.325 e. The first kappa shape index (κ1) is 22.7. The van der Waals surface area contributed by atoms with E-state index < -0.39 is 17.5 Å². The fourth-order valence-electron chi connectivity index (χ4n) is 4.87. The van der Waals surface area contributed by atoms with Gasteiger partial charge in [0.05, 0.1) is 14.2 Å². The van der Waals surface area contributed by atoms with Crippen molar-refractivity contribution >= 4 is 28.6 Å². The first-order chi connectivity index (χ1) is 16.8. The van der Waals surface area contributed by atoms with Gasteiger partial charge < -0.3 is 19.7 Å². The van der Waals surface area contributed by atoms with E-state index in [-0.39, 0.29) is 12.5 Å². The fraction of sp³-hybridized carbons (Fsp3) is 0.296. The second-order valence-electron chi connectivity index (χ2n) is 9.05. The van der Waals surface area contributed by atoms with Gasteiger partial charge in [0.1, 0.15) is 12.1 Å². The summed E-state index contributed by atoms with van der Waals surface area (Å²) in [7, 11) is 3.16. The topological polar surface area (TPSA) is 88.2 Å². The summed E-state index contributed by atoms with van der Waals surface area (Å²) in [5.41, 5.74) is 1.49. The molecule has 0 bridgehead atoms. The fourth-order valence-corrected chi connectivity index (χ4v) is 4.87. The second kappa shape index (κ2) is 8.61. The molecule has 4 amide bonds. The molecule has 35 heavy (non-hydrogen) atoms. The molecule has 2 aliphatic heterocycles. The number of amides is 4. The van der Waals surface area contributed by atoms with Crippen molar-refractivity contribution in [1.29, 1.82) is 0 Å². The van der Waals surface area contributed by atoms with Gasteiger partial charge in [0, 0.05) is 13.1 Å². The highest BCUT2D eigenvalue weighted by Gasteiger charge is 2.49. The van der Waals surface area contributed by atoms with Crippen LogP contribution in [-0.4, -0.2) is 55.0 Å². The van der Waals surface area contributed by atoms with E-state index in [4.69, 9.17) is 9.47 Å². The first-order valence-corrected chi connectivity index (χ1v) is 11.5. The molecular weight excluding hydrogens is 446 g/mol. The number of ether oxygens (including phenoxy) is 2. The molecule has 1 N–H and O–H groups in total. The van der Waals surface area contributed by atoms with Crippen LogP contribution in [0.15, 0.2) is 54.6 Å². The summed E-state index contributed by atoms with van der Waals surface area (Å²) in [4.78, 5) is 42.0. The maximum absolute atomic E-state index is 13.4. The van der Waals surface area contributed by atoms with Crippen LogP contribution in [0.1, 0.15) is 23.6 Å². The zero-order valence-electron chi connectivity index (χ0n) is 20.0. The zero-order chi connectivity index (χ0) is 24.7. The van der Waals surface area contributed by atoms with Gasteiger partial charge in [-0.3, -0.25) is 14.5 Å². The van der Waals surface area contributed by atoms with Gasteiger partial charge in [-0.2, -0.15) is 0 Å². The summed E-state index contributed by atoms with van der Waals surface area (Å²) >= 11 is 0. The van der Waals surface area contributed by atoms with E-state index >= 15 is 0 Å². The van der Waals surface area contributed by atoms with Crippen LogP contribution >= 0.6 is 0 Å². The molecule has 1 saturated heterocycles. The maximum atomic E-state index is 13.4. The summed E-state index contributed by atoms with van der Waals surface area (Å²) in [6.45, 7) is 2.24. The molecule has 0 aromatic heterocycles. The van der Waals surface area contributed by atoms with Crippen LogP contribution in [-0.2, 0) is 28.1 Å². The predicted molar refractivity (Wildman–Crippen MR) is 130 cm³/mol. The number of methoxy groups -OCH3 is 2. The second-order valence-corrected chi connectivity index (χ2v) is 9.05. The molecule has 1 fully saturated rings. The monoisotopic (exact) mass is 473 g/mol. The lowest BCUT2D eigenvalue weighted by molar-refractivity contribution is -0.139. The van der Waals surface area contributed by atoms with E-state index in [0.29, 0.717) is 36.6 Å². The van der Waals surface area contributed by atoms with Gasteiger partial charge in [0.15, 0.2) is 11.5 Å². The highest BCUT2D eigenvalue weighted by atomic mass is 16.5. The third-order valence-corrected chi connectivity index (χ3v) is 6.97. The molecule has 1 atom stereocenters. The highest BCUT2D eigenvalue weighted by molar-refractivity contribution is 6.09. The molecule has 1 unspecified atom stereocenters. The van der Waals surface area contributed by atoms with Gasteiger partial charge in [-0.25, -0.2) is 4.79 Å². The normalized spacial score (nSPS) is 19.5. The Morgan fingerprint density at radius 1 is 0.971 bits per heavy atom. The molecule has 2 heterocycles. The number of fused-ring (bicyclic) bond motifs is 2. The van der Waals surface area contributed by atoms with Crippen LogP contribution < -0.4 is 14.8 Å². The lowest BCUT2D eigenvalue weighted by Crippen LogP contribution is -2.45. The van der Waals surface area contributed by atoms with E-state index in [1.807, 2.05) is 54.6 Å². The Hall–Kier alpha value is -4.07. The number of nitrogens with zero attached hydrogens (tertiary/aromatic N) is 2. The van der Waals surface area contributed by atoms with E-state index in [1.54, 1.807) is 26.0 Å². The summed E-state index contributed by atoms with van der Waals surface area (Å²) in [6.07, 6.45) is 0.649. The SMILES string of the molecule is COc1cc2c(cc1OC)CN(C(=O)CN1C(=O)NC(C)(c3ccc4ccccc4c3)C1=O)CC2. The lowest BCUT2D eigenvalue weighted by Gasteiger charge is -2.30. The van der Waals surface area contributed by atoms with Gasteiger partial charge in [-0.05, 0) is 59.0 Å². The number of hydrogen-bond acceptors (Lipinski definition) is 5. The molecule has 180 valence electrons. The molecule has 3 aromatic carbocycles. The minimum absolute atomic E-state index is 0.281. The zero-order valence-corrected chi connectivity index (χ0v) is 20.0. The van der Waals surface area contributed by atoms with Gasteiger partial charge in [-0.1, -0.05) is 36.4 Å². The molecule has 0 saturated carbocycles. The van der Waals surface area contributed by atoms with Crippen molar-refractivity contribution in [2.75, 3.05) is 27.3 Å². The molecule has 8 heteroatoms. The molecule has 8 nitrogen and oxygen atoms in total. The Bertz CT molecular complexity index is 1350. The Morgan fingerprint density at radius 3 is 2.37 bits per heavy atom. The average Bonchev–Trinajstić information content (AvgIpc) is 3.10.